The molecule has 0 saturated heterocycles. The normalized spacial score (nSPS) is 22.6. The summed E-state index contributed by atoms with van der Waals surface area (Å²) in [7, 11) is 0. The van der Waals surface area contributed by atoms with Crippen molar-refractivity contribution < 1.29 is 4.39 Å². The maximum atomic E-state index is 13.2. The molecule has 0 aromatic heterocycles. The van der Waals surface area contributed by atoms with E-state index >= 15 is 0 Å². The van der Waals surface area contributed by atoms with Crippen molar-refractivity contribution in [1.29, 1.82) is 0 Å². The van der Waals surface area contributed by atoms with E-state index in [9.17, 15) is 4.39 Å². The number of hydrogen-bond donors (Lipinski definition) is 1. The van der Waals surface area contributed by atoms with E-state index in [1.807, 2.05) is 18.2 Å². The molecule has 0 spiro atoms. The lowest BCUT2D eigenvalue weighted by atomic mass is 9.75. The van der Waals surface area contributed by atoms with Crippen LogP contribution in [0.5, 0.6) is 0 Å². The summed E-state index contributed by atoms with van der Waals surface area (Å²) in [5.74, 6) is 0.438. The zero-order chi connectivity index (χ0) is 14.8. The smallest absolute Gasteiger partial charge is 0.123 e. The van der Waals surface area contributed by atoms with Gasteiger partial charge in [-0.3, -0.25) is 0 Å². The molecule has 1 aliphatic rings. The molecule has 3 rings (SSSR count). The third-order valence-electron chi connectivity index (χ3n) is 4.31. The quantitative estimate of drug-likeness (QED) is 0.831. The summed E-state index contributed by atoms with van der Waals surface area (Å²) in [4.78, 5) is 0. The average Bonchev–Trinajstić information content (AvgIpc) is 2.43. The van der Waals surface area contributed by atoms with E-state index in [-0.39, 0.29) is 11.9 Å². The van der Waals surface area contributed by atoms with Crippen LogP contribution in [-0.2, 0) is 0 Å². The van der Waals surface area contributed by atoms with E-state index in [2.05, 4.69) is 24.4 Å². The van der Waals surface area contributed by atoms with Gasteiger partial charge in [0.05, 0.1) is 0 Å². The van der Waals surface area contributed by atoms with Crippen LogP contribution in [0.4, 0.5) is 4.39 Å². The topological polar surface area (TPSA) is 12.0 Å². The maximum Gasteiger partial charge on any atom is 0.123 e. The minimum atomic E-state index is -0.172. The Kier molecular flexibility index (Phi) is 4.27. The molecule has 21 heavy (non-hydrogen) atoms. The Bertz CT molecular complexity index is 605. The van der Waals surface area contributed by atoms with Crippen LogP contribution in [-0.4, -0.2) is 6.04 Å². The third-order valence-corrected chi connectivity index (χ3v) is 4.57. The van der Waals surface area contributed by atoms with Gasteiger partial charge in [0.25, 0.3) is 0 Å². The molecule has 110 valence electrons. The molecule has 1 saturated carbocycles. The zero-order valence-corrected chi connectivity index (χ0v) is 12.8. The first-order valence-electron chi connectivity index (χ1n) is 7.39. The van der Waals surface area contributed by atoms with Crippen LogP contribution in [0.25, 0.3) is 0 Å². The van der Waals surface area contributed by atoms with E-state index in [0.29, 0.717) is 12.0 Å². The second-order valence-corrected chi connectivity index (χ2v) is 6.30. The van der Waals surface area contributed by atoms with E-state index in [1.54, 1.807) is 12.1 Å². The van der Waals surface area contributed by atoms with E-state index in [4.69, 9.17) is 11.6 Å². The molecule has 3 heteroatoms. The minimum Gasteiger partial charge on any atom is -0.307 e. The highest BCUT2D eigenvalue weighted by molar-refractivity contribution is 6.30. The van der Waals surface area contributed by atoms with Crippen LogP contribution in [0, 0.1) is 5.82 Å². The second kappa shape index (κ2) is 6.17. The number of halogens is 2. The Morgan fingerprint density at radius 1 is 1.14 bits per heavy atom. The molecule has 1 N–H and O–H groups in total. The Labute approximate surface area is 130 Å². The Morgan fingerprint density at radius 2 is 1.86 bits per heavy atom. The van der Waals surface area contributed by atoms with Crippen molar-refractivity contribution >= 4 is 11.6 Å². The monoisotopic (exact) mass is 303 g/mol. The number of benzene rings is 2. The largest absolute Gasteiger partial charge is 0.307 e. The van der Waals surface area contributed by atoms with Crippen LogP contribution in [0.3, 0.4) is 0 Å². The molecular weight excluding hydrogens is 285 g/mol. The first-order valence-corrected chi connectivity index (χ1v) is 7.76. The van der Waals surface area contributed by atoms with Crippen LogP contribution in [0.15, 0.2) is 48.5 Å². The predicted octanol–water partition coefficient (Wildman–Crippen LogP) is 5.08. The van der Waals surface area contributed by atoms with Crippen molar-refractivity contribution in [2.75, 3.05) is 0 Å². The van der Waals surface area contributed by atoms with Crippen molar-refractivity contribution in [3.05, 3.63) is 70.5 Å². The Hall–Kier alpha value is -1.38. The standard InChI is InChI=1S/C18H19ClFN/c1-12(14-3-2-4-17(20)9-14)21-18-10-15(11-18)13-5-7-16(19)8-6-13/h2-9,12,15,18,21H,10-11H2,1H3. The molecule has 2 aromatic rings. The summed E-state index contributed by atoms with van der Waals surface area (Å²) >= 11 is 5.91. The summed E-state index contributed by atoms with van der Waals surface area (Å²) in [6.07, 6.45) is 2.25. The van der Waals surface area contributed by atoms with Gasteiger partial charge in [-0.05, 0) is 61.1 Å². The van der Waals surface area contributed by atoms with Crippen LogP contribution in [0.2, 0.25) is 5.02 Å². The van der Waals surface area contributed by atoms with Crippen molar-refractivity contribution in [2.24, 2.45) is 0 Å². The van der Waals surface area contributed by atoms with Gasteiger partial charge in [-0.15, -0.1) is 0 Å². The van der Waals surface area contributed by atoms with Crippen molar-refractivity contribution in [2.45, 2.75) is 37.8 Å². The van der Waals surface area contributed by atoms with Gasteiger partial charge in [0.1, 0.15) is 5.82 Å². The number of nitrogens with one attached hydrogen (secondary N) is 1. The predicted molar refractivity (Wildman–Crippen MR) is 85.2 cm³/mol. The molecule has 1 fully saturated rings. The molecular formula is C18H19ClFN. The van der Waals surface area contributed by atoms with Gasteiger partial charge >= 0.3 is 0 Å². The van der Waals surface area contributed by atoms with Crippen molar-refractivity contribution in [1.82, 2.24) is 5.32 Å². The van der Waals surface area contributed by atoms with E-state index in [0.717, 1.165) is 23.4 Å². The molecule has 0 amide bonds. The fourth-order valence-corrected chi connectivity index (χ4v) is 3.11. The van der Waals surface area contributed by atoms with Crippen LogP contribution in [0.1, 0.15) is 42.9 Å². The lowest BCUT2D eigenvalue weighted by Gasteiger charge is -2.38. The molecule has 0 heterocycles. The maximum absolute atomic E-state index is 13.2. The number of rotatable bonds is 4. The highest BCUT2D eigenvalue weighted by atomic mass is 35.5. The molecule has 0 aliphatic heterocycles. The Balaban J connectivity index is 1.54. The summed E-state index contributed by atoms with van der Waals surface area (Å²) in [6.45, 7) is 2.09. The third kappa shape index (κ3) is 3.45. The minimum absolute atomic E-state index is 0.172. The SMILES string of the molecule is CC(NC1CC(c2ccc(Cl)cc2)C1)c1cccc(F)c1. The summed E-state index contributed by atoms with van der Waals surface area (Å²) in [6, 6.07) is 15.6. The summed E-state index contributed by atoms with van der Waals surface area (Å²) < 4.78 is 13.2. The zero-order valence-electron chi connectivity index (χ0n) is 12.0. The highest BCUT2D eigenvalue weighted by Gasteiger charge is 2.31. The second-order valence-electron chi connectivity index (χ2n) is 5.86. The fraction of sp³-hybridized carbons (Fsp3) is 0.333. The Morgan fingerprint density at radius 3 is 2.52 bits per heavy atom. The van der Waals surface area contributed by atoms with E-state index < -0.39 is 0 Å². The van der Waals surface area contributed by atoms with Gasteiger partial charge in [0.2, 0.25) is 0 Å². The van der Waals surface area contributed by atoms with Gasteiger partial charge in [0, 0.05) is 17.1 Å². The molecule has 2 aromatic carbocycles. The first-order chi connectivity index (χ1) is 10.1. The van der Waals surface area contributed by atoms with Crippen LogP contribution >= 0.6 is 11.6 Å². The lowest BCUT2D eigenvalue weighted by Crippen LogP contribution is -2.41. The molecule has 0 bridgehead atoms. The molecule has 1 aliphatic carbocycles. The molecule has 0 radical (unpaired) electrons. The molecule has 1 unspecified atom stereocenters. The van der Waals surface area contributed by atoms with Gasteiger partial charge in [-0.1, -0.05) is 35.9 Å². The van der Waals surface area contributed by atoms with Crippen molar-refractivity contribution in [3.8, 4) is 0 Å². The first kappa shape index (κ1) is 14.6. The van der Waals surface area contributed by atoms with E-state index in [1.165, 1.54) is 11.6 Å². The van der Waals surface area contributed by atoms with Gasteiger partial charge in [0.15, 0.2) is 0 Å². The summed E-state index contributed by atoms with van der Waals surface area (Å²) in [5.41, 5.74) is 2.36. The van der Waals surface area contributed by atoms with Gasteiger partial charge in [-0.25, -0.2) is 4.39 Å². The van der Waals surface area contributed by atoms with Gasteiger partial charge < -0.3 is 5.32 Å². The van der Waals surface area contributed by atoms with Gasteiger partial charge in [-0.2, -0.15) is 0 Å². The highest BCUT2D eigenvalue weighted by Crippen LogP contribution is 2.38. The summed E-state index contributed by atoms with van der Waals surface area (Å²) in [5, 5.41) is 4.36. The van der Waals surface area contributed by atoms with Crippen molar-refractivity contribution in [3.63, 3.8) is 0 Å². The van der Waals surface area contributed by atoms with Crippen LogP contribution < -0.4 is 5.32 Å². The lowest BCUT2D eigenvalue weighted by molar-refractivity contribution is 0.270. The number of hydrogen-bond acceptors (Lipinski definition) is 1. The molecule has 1 atom stereocenters. The molecule has 1 nitrogen and oxygen atoms in total. The average molecular weight is 304 g/mol. The fourth-order valence-electron chi connectivity index (χ4n) is 2.99.